The lowest BCUT2D eigenvalue weighted by Gasteiger charge is -2.05. The van der Waals surface area contributed by atoms with E-state index in [1.54, 1.807) is 23.6 Å². The first-order chi connectivity index (χ1) is 9.60. The number of aromatic nitrogens is 1. The number of benzene rings is 1. The predicted molar refractivity (Wildman–Crippen MR) is 75.1 cm³/mol. The molecule has 0 saturated heterocycles. The Labute approximate surface area is 117 Å². The molecule has 2 aromatic rings. The second kappa shape index (κ2) is 6.02. The second-order valence-corrected chi connectivity index (χ2v) is 4.76. The molecule has 2 rings (SSSR count). The summed E-state index contributed by atoms with van der Waals surface area (Å²) in [7, 11) is 0. The number of nitrogens with zero attached hydrogens (tertiary/aromatic N) is 1. The number of hydrogen-bond donors (Lipinski definition) is 4. The fraction of sp³-hybridized carbons (Fsp3) is 0.0833. The van der Waals surface area contributed by atoms with E-state index in [0.717, 1.165) is 11.3 Å². The molecule has 20 heavy (non-hydrogen) atoms. The van der Waals surface area contributed by atoms with Crippen molar-refractivity contribution in [1.29, 1.82) is 0 Å². The van der Waals surface area contributed by atoms with Crippen LogP contribution in [0.25, 0.3) is 0 Å². The van der Waals surface area contributed by atoms with Gasteiger partial charge in [0.2, 0.25) is 0 Å². The molecule has 0 aliphatic carbocycles. The van der Waals surface area contributed by atoms with Crippen LogP contribution in [0.1, 0.15) is 21.6 Å². The summed E-state index contributed by atoms with van der Waals surface area (Å²) in [6.45, 7) is 0.228. The molecule has 0 saturated carbocycles. The van der Waals surface area contributed by atoms with Gasteiger partial charge in [-0.05, 0) is 12.1 Å². The number of rotatable bonds is 4. The molecule has 0 aliphatic rings. The Hall–Kier alpha value is -2.61. The molecule has 8 heteroatoms. The summed E-state index contributed by atoms with van der Waals surface area (Å²) in [6, 6.07) is 6.39. The van der Waals surface area contributed by atoms with Crippen LogP contribution < -0.4 is 15.9 Å². The van der Waals surface area contributed by atoms with Gasteiger partial charge in [-0.25, -0.2) is 0 Å². The van der Waals surface area contributed by atoms with Crippen LogP contribution in [0.5, 0.6) is 0 Å². The summed E-state index contributed by atoms with van der Waals surface area (Å²) in [6.07, 6.45) is 0. The number of carbonyl (C=O) groups is 1. The third-order valence-electron chi connectivity index (χ3n) is 2.54. The van der Waals surface area contributed by atoms with Gasteiger partial charge in [0.15, 0.2) is 5.84 Å². The van der Waals surface area contributed by atoms with E-state index in [1.165, 1.54) is 6.07 Å². The zero-order valence-corrected chi connectivity index (χ0v) is 11.1. The van der Waals surface area contributed by atoms with Gasteiger partial charge in [-0.1, -0.05) is 28.6 Å². The highest BCUT2D eigenvalue weighted by Crippen LogP contribution is 2.05. The van der Waals surface area contributed by atoms with E-state index in [2.05, 4.69) is 15.5 Å². The number of H-pyrrole nitrogens is 1. The largest absolute Gasteiger partial charge is 0.409 e. The minimum Gasteiger partial charge on any atom is -0.409 e. The van der Waals surface area contributed by atoms with Crippen LogP contribution in [0.3, 0.4) is 0 Å². The molecule has 104 valence electrons. The lowest BCUT2D eigenvalue weighted by atomic mass is 10.1. The molecule has 0 bridgehead atoms. The summed E-state index contributed by atoms with van der Waals surface area (Å²) in [5.41, 5.74) is 6.93. The van der Waals surface area contributed by atoms with Gasteiger partial charge in [-0.15, -0.1) is 0 Å². The highest BCUT2D eigenvalue weighted by molar-refractivity contribution is 7.07. The van der Waals surface area contributed by atoms with E-state index in [1.807, 2.05) is 0 Å². The molecule has 0 atom stereocenters. The summed E-state index contributed by atoms with van der Waals surface area (Å²) < 4.78 is 0. The maximum atomic E-state index is 11.9. The van der Waals surface area contributed by atoms with Crippen LogP contribution in [-0.4, -0.2) is 21.9 Å². The van der Waals surface area contributed by atoms with E-state index < -0.39 is 0 Å². The van der Waals surface area contributed by atoms with E-state index in [4.69, 9.17) is 10.9 Å². The van der Waals surface area contributed by atoms with Crippen LogP contribution >= 0.6 is 11.3 Å². The summed E-state index contributed by atoms with van der Waals surface area (Å²) >= 11 is 1.04. The van der Waals surface area contributed by atoms with Crippen LogP contribution in [-0.2, 0) is 6.54 Å². The number of nitrogens with two attached hydrogens (primary N) is 1. The Kier molecular flexibility index (Phi) is 4.16. The minimum absolute atomic E-state index is 0.0678. The molecule has 0 fully saturated rings. The Morgan fingerprint density at radius 3 is 2.85 bits per heavy atom. The maximum Gasteiger partial charge on any atom is 0.304 e. The van der Waals surface area contributed by atoms with E-state index >= 15 is 0 Å². The minimum atomic E-state index is -0.315. The Morgan fingerprint density at radius 1 is 1.45 bits per heavy atom. The Morgan fingerprint density at radius 2 is 2.20 bits per heavy atom. The lowest BCUT2D eigenvalue weighted by molar-refractivity contribution is 0.0950. The third-order valence-corrected chi connectivity index (χ3v) is 3.26. The topological polar surface area (TPSA) is 121 Å². The van der Waals surface area contributed by atoms with E-state index in [-0.39, 0.29) is 23.2 Å². The molecule has 0 spiro atoms. The predicted octanol–water partition coefficient (Wildman–Crippen LogP) is 0.461. The summed E-state index contributed by atoms with van der Waals surface area (Å²) in [4.78, 5) is 25.3. The van der Waals surface area contributed by atoms with Crippen molar-refractivity contribution in [1.82, 2.24) is 10.3 Å². The number of carbonyl (C=O) groups excluding carboxylic acids is 1. The van der Waals surface area contributed by atoms with Gasteiger partial charge < -0.3 is 21.2 Å². The second-order valence-electron chi connectivity index (χ2n) is 3.92. The van der Waals surface area contributed by atoms with Crippen molar-refractivity contribution in [2.45, 2.75) is 6.54 Å². The molecule has 1 aromatic carbocycles. The van der Waals surface area contributed by atoms with Crippen LogP contribution in [0.15, 0.2) is 39.6 Å². The standard InChI is InChI=1S/C12H12N4O3S/c13-10(16-19)7-2-1-3-8(4-7)11(17)14-5-9-6-20-12(18)15-9/h1-4,6,19H,5H2,(H2,13,16)(H,14,17)(H,15,18). The molecule has 1 amide bonds. The number of nitrogens with one attached hydrogen (secondary N) is 2. The lowest BCUT2D eigenvalue weighted by Crippen LogP contribution is -2.24. The summed E-state index contributed by atoms with van der Waals surface area (Å²) in [5, 5.41) is 15.8. The average Bonchev–Trinajstić information content (AvgIpc) is 2.89. The fourth-order valence-corrected chi connectivity index (χ4v) is 2.14. The van der Waals surface area contributed by atoms with Crippen molar-refractivity contribution in [2.24, 2.45) is 10.9 Å². The van der Waals surface area contributed by atoms with E-state index in [9.17, 15) is 9.59 Å². The van der Waals surface area contributed by atoms with Crippen molar-refractivity contribution >= 4 is 23.1 Å². The zero-order valence-electron chi connectivity index (χ0n) is 10.3. The van der Waals surface area contributed by atoms with Crippen molar-refractivity contribution in [3.8, 4) is 0 Å². The van der Waals surface area contributed by atoms with Crippen LogP contribution in [0.4, 0.5) is 0 Å². The number of aromatic amines is 1. The van der Waals surface area contributed by atoms with Gasteiger partial charge >= 0.3 is 4.87 Å². The normalized spacial score (nSPS) is 11.3. The van der Waals surface area contributed by atoms with Gasteiger partial charge in [-0.3, -0.25) is 9.59 Å². The molecule has 1 heterocycles. The van der Waals surface area contributed by atoms with Gasteiger partial charge in [-0.2, -0.15) is 0 Å². The average molecular weight is 292 g/mol. The highest BCUT2D eigenvalue weighted by atomic mass is 32.1. The Balaban J connectivity index is 2.07. The highest BCUT2D eigenvalue weighted by Gasteiger charge is 2.08. The number of thiazole rings is 1. The van der Waals surface area contributed by atoms with E-state index in [0.29, 0.717) is 16.8 Å². The number of amides is 1. The molecule has 0 radical (unpaired) electrons. The molecular formula is C12H12N4O3S. The molecule has 1 aromatic heterocycles. The van der Waals surface area contributed by atoms with Gasteiger partial charge in [0, 0.05) is 22.2 Å². The zero-order chi connectivity index (χ0) is 14.5. The molecule has 7 nitrogen and oxygen atoms in total. The molecule has 5 N–H and O–H groups in total. The van der Waals surface area contributed by atoms with Gasteiger partial charge in [0.1, 0.15) is 0 Å². The van der Waals surface area contributed by atoms with Crippen molar-refractivity contribution in [2.75, 3.05) is 0 Å². The Bertz CT molecular complexity index is 704. The number of hydrogen-bond acceptors (Lipinski definition) is 5. The van der Waals surface area contributed by atoms with Gasteiger partial charge in [0.05, 0.1) is 6.54 Å². The monoisotopic (exact) mass is 292 g/mol. The smallest absolute Gasteiger partial charge is 0.304 e. The van der Waals surface area contributed by atoms with Crippen LogP contribution in [0, 0.1) is 0 Å². The first kappa shape index (κ1) is 13.8. The third kappa shape index (κ3) is 3.23. The molecule has 0 unspecified atom stereocenters. The summed E-state index contributed by atoms with van der Waals surface area (Å²) in [5.74, 6) is -0.383. The number of oxime groups is 1. The van der Waals surface area contributed by atoms with Crippen molar-refractivity contribution < 1.29 is 10.0 Å². The van der Waals surface area contributed by atoms with Gasteiger partial charge in [0.25, 0.3) is 5.91 Å². The van der Waals surface area contributed by atoms with Crippen molar-refractivity contribution in [3.05, 3.63) is 56.1 Å². The quantitative estimate of drug-likeness (QED) is 0.283. The number of amidine groups is 1. The SMILES string of the molecule is N/C(=N/O)c1cccc(C(=O)NCc2csc(=O)[nH]2)c1. The molecule has 0 aliphatic heterocycles. The first-order valence-electron chi connectivity index (χ1n) is 5.63. The van der Waals surface area contributed by atoms with Crippen LogP contribution in [0.2, 0.25) is 0 Å². The first-order valence-corrected chi connectivity index (χ1v) is 6.51. The maximum absolute atomic E-state index is 11.9. The fourth-order valence-electron chi connectivity index (χ4n) is 1.56. The molecular weight excluding hydrogens is 280 g/mol. The van der Waals surface area contributed by atoms with Crippen molar-refractivity contribution in [3.63, 3.8) is 0 Å².